The minimum atomic E-state index is -1.39. The van der Waals surface area contributed by atoms with Crippen LogP contribution in [0.1, 0.15) is 34.9 Å². The number of hydrogen-bond donors (Lipinski definition) is 3. The number of aromatic hydroxyl groups is 1. The number of rotatable bonds is 4. The summed E-state index contributed by atoms with van der Waals surface area (Å²) in [4.78, 5) is 31.4. The zero-order valence-corrected chi connectivity index (χ0v) is 21.0. The molecule has 0 unspecified atom stereocenters. The first-order valence-electron chi connectivity index (χ1n) is 11.7. The number of nitriles is 1. The summed E-state index contributed by atoms with van der Waals surface area (Å²) < 4.78 is 15.6. The van der Waals surface area contributed by atoms with E-state index in [1.165, 1.54) is 24.3 Å². The molecule has 0 spiro atoms. The average molecular weight is 541 g/mol. The highest BCUT2D eigenvalue weighted by Gasteiger charge is 2.48. The molecule has 6 rings (SSSR count). The van der Waals surface area contributed by atoms with E-state index in [9.17, 15) is 19.6 Å². The molecule has 0 saturated carbocycles. The van der Waals surface area contributed by atoms with Gasteiger partial charge in [0.25, 0.3) is 0 Å². The van der Waals surface area contributed by atoms with Gasteiger partial charge in [-0.05, 0) is 42.3 Å². The van der Waals surface area contributed by atoms with Crippen LogP contribution in [-0.4, -0.2) is 35.4 Å². The Morgan fingerprint density at radius 2 is 2.08 bits per heavy atom. The molecule has 39 heavy (non-hydrogen) atoms. The van der Waals surface area contributed by atoms with Crippen LogP contribution in [0.3, 0.4) is 0 Å². The first kappa shape index (κ1) is 24.3. The SMILES string of the molecule is C[C@@]1(c2cc(O)c(C#N)c(Cl)c2)C(=O)Nc2nc(-c3cn4ccnc4c(Cc4cccc(F)c4)n3)nc(N)c21. The van der Waals surface area contributed by atoms with Crippen molar-refractivity contribution in [3.63, 3.8) is 0 Å². The second kappa shape index (κ2) is 8.75. The number of imidazole rings is 1. The number of nitrogen functional groups attached to an aromatic ring is 1. The summed E-state index contributed by atoms with van der Waals surface area (Å²) in [6, 6.07) is 10.8. The molecular formula is C27H18ClFN8O2. The van der Waals surface area contributed by atoms with Gasteiger partial charge in [-0.25, -0.2) is 24.3 Å². The highest BCUT2D eigenvalue weighted by atomic mass is 35.5. The molecule has 1 atom stereocenters. The minimum absolute atomic E-state index is 0.00486. The van der Waals surface area contributed by atoms with E-state index in [1.54, 1.807) is 42.0 Å². The monoisotopic (exact) mass is 540 g/mol. The second-order valence-electron chi connectivity index (χ2n) is 9.24. The number of carbonyl (C=O) groups is 1. The zero-order chi connectivity index (χ0) is 27.5. The van der Waals surface area contributed by atoms with Crippen molar-refractivity contribution < 1.29 is 14.3 Å². The topological polar surface area (TPSA) is 155 Å². The lowest BCUT2D eigenvalue weighted by Crippen LogP contribution is -2.33. The standard InChI is InChI=1S/C27H18ClFN8O2/c1-27(14-9-17(28)16(11-30)20(38)10-14)21-22(31)34-23(35-24(21)36-26(27)39)19-12-37-6-5-32-25(37)18(33-19)8-13-3-2-4-15(29)7-13/h2-7,9-10,12,38H,8H2,1H3,(H3,31,34,35,36,39)/t27-/m0/s1. The van der Waals surface area contributed by atoms with Gasteiger partial charge in [0, 0.05) is 25.0 Å². The number of fused-ring (bicyclic) bond motifs is 2. The molecule has 192 valence electrons. The predicted octanol–water partition coefficient (Wildman–Crippen LogP) is 3.99. The molecule has 0 saturated heterocycles. The van der Waals surface area contributed by atoms with E-state index < -0.39 is 11.3 Å². The van der Waals surface area contributed by atoms with Crippen molar-refractivity contribution in [3.8, 4) is 23.3 Å². The first-order valence-corrected chi connectivity index (χ1v) is 12.1. The maximum absolute atomic E-state index is 13.8. The van der Waals surface area contributed by atoms with E-state index in [1.807, 2.05) is 6.07 Å². The Labute approximate surface area is 225 Å². The maximum Gasteiger partial charge on any atom is 0.240 e. The zero-order valence-electron chi connectivity index (χ0n) is 20.3. The third-order valence-electron chi connectivity index (χ3n) is 6.81. The lowest BCUT2D eigenvalue weighted by molar-refractivity contribution is -0.119. The van der Waals surface area contributed by atoms with Gasteiger partial charge >= 0.3 is 0 Å². The van der Waals surface area contributed by atoms with E-state index in [0.29, 0.717) is 40.1 Å². The number of nitrogens with zero attached hydrogens (tertiary/aromatic N) is 6. The Morgan fingerprint density at radius 3 is 2.82 bits per heavy atom. The normalized spacial score (nSPS) is 16.2. The lowest BCUT2D eigenvalue weighted by Gasteiger charge is -2.24. The average Bonchev–Trinajstić information content (AvgIpc) is 3.47. The summed E-state index contributed by atoms with van der Waals surface area (Å²) in [6.07, 6.45) is 5.36. The molecule has 0 aliphatic carbocycles. The molecule has 3 aromatic heterocycles. The molecule has 5 aromatic rings. The molecule has 2 aromatic carbocycles. The molecule has 4 heterocycles. The largest absolute Gasteiger partial charge is 0.507 e. The van der Waals surface area contributed by atoms with Crippen LogP contribution in [0.4, 0.5) is 16.0 Å². The number of nitrogens with one attached hydrogen (secondary N) is 1. The number of phenols is 1. The minimum Gasteiger partial charge on any atom is -0.507 e. The number of hydrogen-bond acceptors (Lipinski definition) is 8. The van der Waals surface area contributed by atoms with E-state index in [2.05, 4.69) is 20.3 Å². The molecule has 1 amide bonds. The highest BCUT2D eigenvalue weighted by molar-refractivity contribution is 6.32. The Morgan fingerprint density at radius 1 is 1.26 bits per heavy atom. The number of aromatic nitrogens is 5. The fraction of sp³-hybridized carbons (Fsp3) is 0.111. The molecule has 0 radical (unpaired) electrons. The van der Waals surface area contributed by atoms with Gasteiger partial charge in [-0.1, -0.05) is 23.7 Å². The predicted molar refractivity (Wildman–Crippen MR) is 141 cm³/mol. The van der Waals surface area contributed by atoms with Gasteiger partial charge in [0.1, 0.15) is 45.9 Å². The molecule has 12 heteroatoms. The van der Waals surface area contributed by atoms with Gasteiger partial charge in [-0.2, -0.15) is 5.26 Å². The molecule has 1 aliphatic rings. The lowest BCUT2D eigenvalue weighted by atomic mass is 9.77. The van der Waals surface area contributed by atoms with Gasteiger partial charge in [0.2, 0.25) is 5.91 Å². The van der Waals surface area contributed by atoms with Crippen LogP contribution in [0.5, 0.6) is 5.75 Å². The van der Waals surface area contributed by atoms with E-state index in [4.69, 9.17) is 22.3 Å². The summed E-state index contributed by atoms with van der Waals surface area (Å²) in [5.41, 5.74) is 7.78. The van der Waals surface area contributed by atoms with Gasteiger partial charge < -0.3 is 20.6 Å². The molecule has 1 aliphatic heterocycles. The fourth-order valence-corrected chi connectivity index (χ4v) is 5.11. The highest BCUT2D eigenvalue weighted by Crippen LogP contribution is 2.46. The van der Waals surface area contributed by atoms with Crippen molar-refractivity contribution in [2.24, 2.45) is 0 Å². The second-order valence-corrected chi connectivity index (χ2v) is 9.64. The van der Waals surface area contributed by atoms with E-state index in [0.717, 1.165) is 0 Å². The van der Waals surface area contributed by atoms with Crippen LogP contribution in [0.15, 0.2) is 55.0 Å². The van der Waals surface area contributed by atoms with Gasteiger partial charge in [0.05, 0.1) is 16.3 Å². The number of benzene rings is 2. The number of amides is 1. The molecule has 0 bridgehead atoms. The third kappa shape index (κ3) is 3.81. The number of phenolic OH excluding ortho intramolecular Hbond substituents is 1. The van der Waals surface area contributed by atoms with Crippen LogP contribution >= 0.6 is 11.6 Å². The number of carbonyl (C=O) groups excluding carboxylic acids is 1. The van der Waals surface area contributed by atoms with Crippen LogP contribution in [0.2, 0.25) is 5.02 Å². The molecule has 10 nitrogen and oxygen atoms in total. The van der Waals surface area contributed by atoms with Crippen LogP contribution in [0.25, 0.3) is 17.2 Å². The van der Waals surface area contributed by atoms with E-state index in [-0.39, 0.29) is 39.6 Å². The summed E-state index contributed by atoms with van der Waals surface area (Å²) in [6.45, 7) is 1.61. The summed E-state index contributed by atoms with van der Waals surface area (Å²) in [5.74, 6) is -0.803. The Hall–Kier alpha value is -5.08. The molecular weight excluding hydrogens is 523 g/mol. The Balaban J connectivity index is 1.46. The quantitative estimate of drug-likeness (QED) is 0.309. The van der Waals surface area contributed by atoms with Crippen LogP contribution < -0.4 is 11.1 Å². The summed E-state index contributed by atoms with van der Waals surface area (Å²) in [7, 11) is 0. The van der Waals surface area contributed by atoms with Crippen molar-refractivity contribution in [1.82, 2.24) is 24.3 Å². The molecule has 4 N–H and O–H groups in total. The van der Waals surface area contributed by atoms with Gasteiger partial charge in [0.15, 0.2) is 11.5 Å². The van der Waals surface area contributed by atoms with Crippen molar-refractivity contribution >= 4 is 34.8 Å². The van der Waals surface area contributed by atoms with Crippen molar-refractivity contribution in [2.75, 3.05) is 11.1 Å². The number of halogens is 2. The van der Waals surface area contributed by atoms with Crippen LogP contribution in [0, 0.1) is 17.1 Å². The maximum atomic E-state index is 13.8. The van der Waals surface area contributed by atoms with Crippen molar-refractivity contribution in [1.29, 1.82) is 5.26 Å². The number of anilines is 2. The summed E-state index contributed by atoms with van der Waals surface area (Å²) >= 11 is 6.20. The Kier molecular flexibility index (Phi) is 5.44. The van der Waals surface area contributed by atoms with E-state index >= 15 is 0 Å². The first-order chi connectivity index (χ1) is 18.7. The third-order valence-corrected chi connectivity index (χ3v) is 7.11. The number of nitrogens with two attached hydrogens (primary N) is 1. The van der Waals surface area contributed by atoms with Crippen molar-refractivity contribution in [2.45, 2.75) is 18.8 Å². The van der Waals surface area contributed by atoms with Crippen molar-refractivity contribution in [3.05, 3.63) is 93.8 Å². The smallest absolute Gasteiger partial charge is 0.240 e. The molecule has 0 fully saturated rings. The summed E-state index contributed by atoms with van der Waals surface area (Å²) in [5, 5.41) is 22.3. The van der Waals surface area contributed by atoms with Gasteiger partial charge in [-0.3, -0.25) is 4.79 Å². The van der Waals surface area contributed by atoms with Crippen LogP contribution in [-0.2, 0) is 16.6 Å². The fourth-order valence-electron chi connectivity index (χ4n) is 4.85. The van der Waals surface area contributed by atoms with Gasteiger partial charge in [-0.15, -0.1) is 0 Å². The Bertz CT molecular complexity index is 1860.